The SMILES string of the molecule is CCNC(=S)N1CC(C(=O)NCCCOC)C(c2cccc(F)c2)C1. The molecule has 0 radical (unpaired) electrons. The lowest BCUT2D eigenvalue weighted by Gasteiger charge is -2.19. The number of carbonyl (C=O) groups excluding carboxylic acids is 1. The van der Waals surface area contributed by atoms with Crippen LogP contribution in [0.4, 0.5) is 4.39 Å². The normalized spacial score (nSPS) is 19.7. The molecule has 2 unspecified atom stereocenters. The number of carbonyl (C=O) groups is 1. The maximum atomic E-state index is 13.6. The molecular weight excluding hydrogens is 341 g/mol. The second-order valence-electron chi connectivity index (χ2n) is 6.15. The molecule has 0 aromatic heterocycles. The minimum atomic E-state index is -0.288. The van der Waals surface area contributed by atoms with Crippen LogP contribution < -0.4 is 10.6 Å². The van der Waals surface area contributed by atoms with Crippen molar-refractivity contribution in [2.75, 3.05) is 39.9 Å². The molecule has 138 valence electrons. The number of ether oxygens (including phenoxy) is 1. The maximum Gasteiger partial charge on any atom is 0.225 e. The van der Waals surface area contributed by atoms with Crippen LogP contribution in [0.2, 0.25) is 0 Å². The van der Waals surface area contributed by atoms with Gasteiger partial charge in [0.1, 0.15) is 5.82 Å². The summed E-state index contributed by atoms with van der Waals surface area (Å²) in [5.41, 5.74) is 0.832. The quantitative estimate of drug-likeness (QED) is 0.569. The standard InChI is InChI=1S/C18H26FN3O2S/c1-3-20-18(25)22-11-15(13-6-4-7-14(19)10-13)16(12-22)17(23)21-8-5-9-24-2/h4,6-7,10,15-16H,3,5,8-9,11-12H2,1-2H3,(H,20,25)(H,21,23). The van der Waals surface area contributed by atoms with E-state index >= 15 is 0 Å². The van der Waals surface area contributed by atoms with Crippen LogP contribution in [-0.4, -0.2) is 55.8 Å². The minimum absolute atomic E-state index is 0.0211. The number of hydrogen-bond acceptors (Lipinski definition) is 3. The molecule has 0 aliphatic carbocycles. The largest absolute Gasteiger partial charge is 0.385 e. The molecule has 1 aromatic carbocycles. The summed E-state index contributed by atoms with van der Waals surface area (Å²) in [7, 11) is 1.64. The second-order valence-corrected chi connectivity index (χ2v) is 6.53. The van der Waals surface area contributed by atoms with E-state index in [0.717, 1.165) is 18.5 Å². The summed E-state index contributed by atoms with van der Waals surface area (Å²) in [5, 5.41) is 6.73. The van der Waals surface area contributed by atoms with Gasteiger partial charge in [0.15, 0.2) is 5.11 Å². The Balaban J connectivity index is 2.11. The van der Waals surface area contributed by atoms with Gasteiger partial charge in [0, 0.05) is 45.8 Å². The van der Waals surface area contributed by atoms with Crippen LogP contribution in [0.3, 0.4) is 0 Å². The Hall–Kier alpha value is -1.73. The monoisotopic (exact) mass is 367 g/mol. The van der Waals surface area contributed by atoms with Gasteiger partial charge in [-0.1, -0.05) is 12.1 Å². The molecule has 0 saturated carbocycles. The number of likely N-dealkylation sites (tertiary alicyclic amines) is 1. The van der Waals surface area contributed by atoms with E-state index in [2.05, 4.69) is 10.6 Å². The third-order valence-electron chi connectivity index (χ3n) is 4.37. The van der Waals surface area contributed by atoms with E-state index in [0.29, 0.717) is 31.4 Å². The molecule has 2 N–H and O–H groups in total. The number of amides is 1. The van der Waals surface area contributed by atoms with E-state index in [9.17, 15) is 9.18 Å². The molecule has 2 atom stereocenters. The van der Waals surface area contributed by atoms with Gasteiger partial charge in [-0.3, -0.25) is 4.79 Å². The van der Waals surface area contributed by atoms with Crippen molar-refractivity contribution >= 4 is 23.2 Å². The van der Waals surface area contributed by atoms with Crippen molar-refractivity contribution in [1.29, 1.82) is 0 Å². The molecule has 1 amide bonds. The highest BCUT2D eigenvalue weighted by Gasteiger charge is 2.39. The minimum Gasteiger partial charge on any atom is -0.385 e. The highest BCUT2D eigenvalue weighted by molar-refractivity contribution is 7.80. The average Bonchev–Trinajstić information content (AvgIpc) is 3.04. The van der Waals surface area contributed by atoms with Crippen LogP contribution in [0, 0.1) is 11.7 Å². The van der Waals surface area contributed by atoms with Gasteiger partial charge in [0.2, 0.25) is 5.91 Å². The van der Waals surface area contributed by atoms with Crippen molar-refractivity contribution < 1.29 is 13.9 Å². The summed E-state index contributed by atoms with van der Waals surface area (Å²) >= 11 is 5.40. The van der Waals surface area contributed by atoms with E-state index in [1.165, 1.54) is 12.1 Å². The molecule has 1 aliphatic rings. The van der Waals surface area contributed by atoms with E-state index < -0.39 is 0 Å². The molecule has 1 aromatic rings. The fourth-order valence-electron chi connectivity index (χ4n) is 3.13. The van der Waals surface area contributed by atoms with Crippen molar-refractivity contribution in [2.45, 2.75) is 19.3 Å². The van der Waals surface area contributed by atoms with E-state index in [1.807, 2.05) is 17.9 Å². The number of thiocarbonyl (C=S) groups is 1. The van der Waals surface area contributed by atoms with Crippen LogP contribution in [0.1, 0.15) is 24.8 Å². The van der Waals surface area contributed by atoms with Gasteiger partial charge in [-0.05, 0) is 43.3 Å². The summed E-state index contributed by atoms with van der Waals surface area (Å²) in [5.74, 6) is -0.660. The van der Waals surface area contributed by atoms with Gasteiger partial charge in [-0.2, -0.15) is 0 Å². The van der Waals surface area contributed by atoms with E-state index in [-0.39, 0.29) is 23.6 Å². The highest BCUT2D eigenvalue weighted by atomic mass is 32.1. The van der Waals surface area contributed by atoms with Gasteiger partial charge >= 0.3 is 0 Å². The number of methoxy groups -OCH3 is 1. The zero-order valence-corrected chi connectivity index (χ0v) is 15.6. The second kappa shape index (κ2) is 9.68. The van der Waals surface area contributed by atoms with Crippen molar-refractivity contribution in [3.05, 3.63) is 35.6 Å². The maximum absolute atomic E-state index is 13.6. The van der Waals surface area contributed by atoms with Crippen molar-refractivity contribution in [2.24, 2.45) is 5.92 Å². The summed E-state index contributed by atoms with van der Waals surface area (Å²) < 4.78 is 18.6. The van der Waals surface area contributed by atoms with Crippen LogP contribution in [0.25, 0.3) is 0 Å². The molecule has 0 spiro atoms. The van der Waals surface area contributed by atoms with Crippen LogP contribution in [0.15, 0.2) is 24.3 Å². The molecule has 0 bridgehead atoms. The Labute approximate surface area is 153 Å². The summed E-state index contributed by atoms with van der Waals surface area (Å²) in [6.07, 6.45) is 0.763. The van der Waals surface area contributed by atoms with Gasteiger partial charge in [-0.25, -0.2) is 4.39 Å². The molecule has 25 heavy (non-hydrogen) atoms. The first-order valence-corrected chi connectivity index (χ1v) is 9.02. The first-order valence-electron chi connectivity index (χ1n) is 8.61. The molecule has 2 rings (SSSR count). The van der Waals surface area contributed by atoms with Crippen molar-refractivity contribution in [3.8, 4) is 0 Å². The molecule has 1 saturated heterocycles. The molecule has 5 nitrogen and oxygen atoms in total. The summed E-state index contributed by atoms with van der Waals surface area (Å²) in [6.45, 7) is 5.01. The average molecular weight is 367 g/mol. The third kappa shape index (κ3) is 5.37. The number of hydrogen-bond donors (Lipinski definition) is 2. The van der Waals surface area contributed by atoms with Crippen molar-refractivity contribution in [3.63, 3.8) is 0 Å². The smallest absolute Gasteiger partial charge is 0.225 e. The third-order valence-corrected chi connectivity index (χ3v) is 4.78. The van der Waals surface area contributed by atoms with Crippen molar-refractivity contribution in [1.82, 2.24) is 15.5 Å². The predicted molar refractivity (Wildman–Crippen MR) is 100.0 cm³/mol. The van der Waals surface area contributed by atoms with Crippen LogP contribution in [-0.2, 0) is 9.53 Å². The lowest BCUT2D eigenvalue weighted by atomic mass is 9.88. The first kappa shape index (κ1) is 19.6. The predicted octanol–water partition coefficient (Wildman–Crippen LogP) is 1.89. The molecular formula is C18H26FN3O2S. The molecule has 1 heterocycles. The number of benzene rings is 1. The number of halogens is 1. The Morgan fingerprint density at radius 1 is 1.40 bits per heavy atom. The van der Waals surface area contributed by atoms with Gasteiger partial charge in [0.05, 0.1) is 5.92 Å². The van der Waals surface area contributed by atoms with Crippen LogP contribution >= 0.6 is 12.2 Å². The molecule has 1 fully saturated rings. The number of nitrogens with one attached hydrogen (secondary N) is 2. The van der Waals surface area contributed by atoms with Crippen LogP contribution in [0.5, 0.6) is 0 Å². The lowest BCUT2D eigenvalue weighted by Crippen LogP contribution is -2.40. The molecule has 7 heteroatoms. The van der Waals surface area contributed by atoms with Gasteiger partial charge < -0.3 is 20.3 Å². The van der Waals surface area contributed by atoms with Gasteiger partial charge in [0.25, 0.3) is 0 Å². The Bertz CT molecular complexity index is 599. The highest BCUT2D eigenvalue weighted by Crippen LogP contribution is 2.33. The topological polar surface area (TPSA) is 53.6 Å². The fraction of sp³-hybridized carbons (Fsp3) is 0.556. The zero-order chi connectivity index (χ0) is 18.2. The van der Waals surface area contributed by atoms with Gasteiger partial charge in [-0.15, -0.1) is 0 Å². The molecule has 1 aliphatic heterocycles. The van der Waals surface area contributed by atoms with E-state index in [4.69, 9.17) is 17.0 Å². The zero-order valence-electron chi connectivity index (χ0n) is 14.8. The van der Waals surface area contributed by atoms with E-state index in [1.54, 1.807) is 13.2 Å². The Morgan fingerprint density at radius 3 is 2.88 bits per heavy atom. The summed E-state index contributed by atoms with van der Waals surface area (Å²) in [4.78, 5) is 14.7. The Morgan fingerprint density at radius 2 is 2.20 bits per heavy atom. The summed E-state index contributed by atoms with van der Waals surface area (Å²) in [6, 6.07) is 6.48. The lowest BCUT2D eigenvalue weighted by molar-refractivity contribution is -0.124. The number of rotatable bonds is 7. The number of nitrogens with zero attached hydrogens (tertiary/aromatic N) is 1. The Kier molecular flexibility index (Phi) is 7.58. The first-order chi connectivity index (χ1) is 12.1. The fourth-order valence-corrected chi connectivity index (χ4v) is 3.43.